The van der Waals surface area contributed by atoms with Crippen molar-refractivity contribution in [3.63, 3.8) is 0 Å². The van der Waals surface area contributed by atoms with Gasteiger partial charge in [-0.15, -0.1) is 0 Å². The fourth-order valence-corrected chi connectivity index (χ4v) is 3.61. The van der Waals surface area contributed by atoms with Gasteiger partial charge in [-0.25, -0.2) is 0 Å². The van der Waals surface area contributed by atoms with Crippen molar-refractivity contribution in [1.29, 1.82) is 0 Å². The van der Waals surface area contributed by atoms with Crippen molar-refractivity contribution < 1.29 is 4.74 Å². The molecule has 0 aromatic heterocycles. The standard InChI is InChI=1S/C9H12O.C7H13N.C5H10/c1-10-8-7-9-5-3-2-4-6-9;1-4-8-5-2-7(1)3-6-8;1-2-4-5-3-1/h2-6H,7-8H2,1H3;7H,1-6H2;1-5H2. The van der Waals surface area contributed by atoms with Gasteiger partial charge in [-0.2, -0.15) is 0 Å². The molecular weight excluding hydrogens is 282 g/mol. The van der Waals surface area contributed by atoms with Gasteiger partial charge in [-0.05, 0) is 56.8 Å². The van der Waals surface area contributed by atoms with Crippen molar-refractivity contribution in [3.05, 3.63) is 35.9 Å². The monoisotopic (exact) mass is 317 g/mol. The van der Waals surface area contributed by atoms with Crippen molar-refractivity contribution in [2.45, 2.75) is 57.8 Å². The molecule has 1 aromatic rings. The number of piperidine rings is 3. The normalized spacial score (nSPS) is 25.1. The summed E-state index contributed by atoms with van der Waals surface area (Å²) >= 11 is 0. The van der Waals surface area contributed by atoms with Gasteiger partial charge in [0.25, 0.3) is 0 Å². The summed E-state index contributed by atoms with van der Waals surface area (Å²) in [5, 5.41) is 0. The molecule has 5 rings (SSSR count). The second-order valence-corrected chi connectivity index (χ2v) is 7.07. The van der Waals surface area contributed by atoms with Gasteiger partial charge < -0.3 is 9.64 Å². The van der Waals surface area contributed by atoms with E-state index in [4.69, 9.17) is 4.74 Å². The van der Waals surface area contributed by atoms with E-state index in [-0.39, 0.29) is 0 Å². The SMILES string of the molecule is C1CCCC1.C1CN2CCC1CC2.COCCc1ccccc1. The third-order valence-electron chi connectivity index (χ3n) is 5.25. The Labute approximate surface area is 143 Å². The molecule has 3 aliphatic heterocycles. The minimum atomic E-state index is 0.810. The van der Waals surface area contributed by atoms with E-state index in [1.165, 1.54) is 76.6 Å². The highest BCUT2D eigenvalue weighted by atomic mass is 16.5. The lowest BCUT2D eigenvalue weighted by molar-refractivity contribution is 0.111. The number of rotatable bonds is 3. The average Bonchev–Trinajstić information content (AvgIpc) is 3.23. The molecule has 0 N–H and O–H groups in total. The van der Waals surface area contributed by atoms with Crippen LogP contribution in [0.1, 0.15) is 56.9 Å². The van der Waals surface area contributed by atoms with E-state index < -0.39 is 0 Å². The third kappa shape index (κ3) is 7.99. The smallest absolute Gasteiger partial charge is 0.0502 e. The molecule has 0 amide bonds. The summed E-state index contributed by atoms with van der Waals surface area (Å²) in [5.74, 6) is 1.11. The van der Waals surface area contributed by atoms with Gasteiger partial charge >= 0.3 is 0 Å². The Hall–Kier alpha value is -0.860. The van der Waals surface area contributed by atoms with E-state index in [1.54, 1.807) is 7.11 Å². The molecule has 0 atom stereocenters. The summed E-state index contributed by atoms with van der Waals surface area (Å²) in [6.07, 6.45) is 13.0. The molecule has 1 aromatic carbocycles. The highest BCUT2D eigenvalue weighted by molar-refractivity contribution is 5.14. The zero-order chi connectivity index (χ0) is 16.2. The van der Waals surface area contributed by atoms with Crippen LogP contribution in [-0.2, 0) is 11.2 Å². The zero-order valence-corrected chi connectivity index (χ0v) is 15.0. The summed E-state index contributed by atoms with van der Waals surface area (Å²) < 4.78 is 4.95. The third-order valence-corrected chi connectivity index (χ3v) is 5.25. The number of methoxy groups -OCH3 is 1. The molecular formula is C21H35NO. The van der Waals surface area contributed by atoms with Crippen LogP contribution in [0.5, 0.6) is 0 Å². The molecule has 4 fully saturated rings. The van der Waals surface area contributed by atoms with Gasteiger partial charge in [0.15, 0.2) is 0 Å². The molecule has 2 nitrogen and oxygen atoms in total. The molecule has 3 heterocycles. The molecule has 23 heavy (non-hydrogen) atoms. The molecule has 0 unspecified atom stereocenters. The summed E-state index contributed by atoms with van der Waals surface area (Å²) in [7, 11) is 1.73. The maximum atomic E-state index is 4.95. The van der Waals surface area contributed by atoms with Crippen molar-refractivity contribution in [2.24, 2.45) is 5.92 Å². The first kappa shape index (κ1) is 18.5. The van der Waals surface area contributed by atoms with E-state index in [9.17, 15) is 0 Å². The zero-order valence-electron chi connectivity index (χ0n) is 15.0. The number of hydrogen-bond donors (Lipinski definition) is 0. The van der Waals surface area contributed by atoms with Crippen LogP contribution in [0, 0.1) is 5.92 Å². The van der Waals surface area contributed by atoms with Gasteiger partial charge in [-0.1, -0.05) is 62.4 Å². The maximum Gasteiger partial charge on any atom is 0.0502 e. The lowest BCUT2D eigenvalue weighted by Gasteiger charge is -2.38. The van der Waals surface area contributed by atoms with Crippen molar-refractivity contribution >= 4 is 0 Å². The van der Waals surface area contributed by atoms with Gasteiger partial charge in [0.2, 0.25) is 0 Å². The second kappa shape index (κ2) is 11.6. The molecule has 130 valence electrons. The highest BCUT2D eigenvalue weighted by Crippen LogP contribution is 2.26. The summed E-state index contributed by atoms with van der Waals surface area (Å²) in [6, 6.07) is 10.3. The fourth-order valence-electron chi connectivity index (χ4n) is 3.61. The van der Waals surface area contributed by atoms with Crippen LogP contribution >= 0.6 is 0 Å². The fraction of sp³-hybridized carbons (Fsp3) is 0.714. The van der Waals surface area contributed by atoms with E-state index in [2.05, 4.69) is 17.0 Å². The maximum absolute atomic E-state index is 4.95. The molecule has 1 aliphatic carbocycles. The van der Waals surface area contributed by atoms with E-state index >= 15 is 0 Å². The summed E-state index contributed by atoms with van der Waals surface area (Å²) in [6.45, 7) is 4.99. The van der Waals surface area contributed by atoms with Crippen molar-refractivity contribution in [3.8, 4) is 0 Å². The molecule has 2 bridgehead atoms. The lowest BCUT2D eigenvalue weighted by Crippen LogP contribution is -2.41. The van der Waals surface area contributed by atoms with Gasteiger partial charge in [0.1, 0.15) is 0 Å². The van der Waals surface area contributed by atoms with Crippen LogP contribution in [0.15, 0.2) is 30.3 Å². The Balaban J connectivity index is 0.000000132. The van der Waals surface area contributed by atoms with E-state index in [1.807, 2.05) is 18.2 Å². The molecule has 0 radical (unpaired) electrons. The Kier molecular flexibility index (Phi) is 9.35. The van der Waals surface area contributed by atoms with Gasteiger partial charge in [0, 0.05) is 7.11 Å². The summed E-state index contributed by atoms with van der Waals surface area (Å²) in [5.41, 5.74) is 1.34. The Morgan fingerprint density at radius 2 is 1.39 bits per heavy atom. The predicted molar refractivity (Wildman–Crippen MR) is 98.9 cm³/mol. The quantitative estimate of drug-likeness (QED) is 0.784. The number of nitrogens with zero attached hydrogens (tertiary/aromatic N) is 1. The highest BCUT2D eigenvalue weighted by Gasteiger charge is 2.24. The first-order valence-electron chi connectivity index (χ1n) is 9.63. The van der Waals surface area contributed by atoms with Crippen LogP contribution in [0.25, 0.3) is 0 Å². The van der Waals surface area contributed by atoms with Gasteiger partial charge in [-0.3, -0.25) is 0 Å². The number of benzene rings is 1. The minimum Gasteiger partial charge on any atom is -0.384 e. The molecule has 1 saturated carbocycles. The summed E-state index contributed by atoms with van der Waals surface area (Å²) in [4.78, 5) is 2.58. The number of ether oxygens (including phenoxy) is 1. The molecule has 3 saturated heterocycles. The largest absolute Gasteiger partial charge is 0.384 e. The van der Waals surface area contributed by atoms with Gasteiger partial charge in [0.05, 0.1) is 6.61 Å². The molecule has 2 heteroatoms. The van der Waals surface area contributed by atoms with Crippen molar-refractivity contribution in [2.75, 3.05) is 33.4 Å². The van der Waals surface area contributed by atoms with Crippen molar-refractivity contribution in [1.82, 2.24) is 4.90 Å². The van der Waals surface area contributed by atoms with E-state index in [0.717, 1.165) is 18.9 Å². The molecule has 0 spiro atoms. The average molecular weight is 318 g/mol. The van der Waals surface area contributed by atoms with Crippen LogP contribution < -0.4 is 0 Å². The molecule has 4 aliphatic rings. The Morgan fingerprint density at radius 3 is 1.74 bits per heavy atom. The Morgan fingerprint density at radius 1 is 0.870 bits per heavy atom. The number of hydrogen-bond acceptors (Lipinski definition) is 2. The first-order valence-corrected chi connectivity index (χ1v) is 9.63. The Bertz CT molecular complexity index is 349. The topological polar surface area (TPSA) is 12.5 Å². The van der Waals surface area contributed by atoms with Crippen LogP contribution in [-0.4, -0.2) is 38.3 Å². The predicted octanol–water partition coefficient (Wildman–Crippen LogP) is 4.93. The minimum absolute atomic E-state index is 0.810. The van der Waals surface area contributed by atoms with Crippen LogP contribution in [0.4, 0.5) is 0 Å². The lowest BCUT2D eigenvalue weighted by atomic mass is 9.89. The second-order valence-electron chi connectivity index (χ2n) is 7.07. The van der Waals surface area contributed by atoms with E-state index in [0.29, 0.717) is 0 Å². The van der Waals surface area contributed by atoms with Crippen LogP contribution in [0.2, 0.25) is 0 Å². The van der Waals surface area contributed by atoms with Crippen LogP contribution in [0.3, 0.4) is 0 Å². The first-order chi connectivity index (χ1) is 11.4. The number of fused-ring (bicyclic) bond motifs is 3.